The second-order valence-corrected chi connectivity index (χ2v) is 4.00. The van der Waals surface area contributed by atoms with E-state index in [0.717, 1.165) is 22.3 Å². The van der Waals surface area contributed by atoms with Crippen molar-refractivity contribution in [3.63, 3.8) is 0 Å². The molecule has 6 heteroatoms. The molecule has 70 valence electrons. The van der Waals surface area contributed by atoms with Crippen LogP contribution >= 0.6 is 23.1 Å². The fourth-order valence-corrected chi connectivity index (χ4v) is 1.88. The fourth-order valence-electron chi connectivity index (χ4n) is 0.654. The SMILES string of the molecule is C=C(CSC(=O)NN)c1nccs1. The second-order valence-electron chi connectivity index (χ2n) is 2.16. The summed E-state index contributed by atoms with van der Waals surface area (Å²) in [6, 6.07) is 0. The predicted octanol–water partition coefficient (Wildman–Crippen LogP) is 1.47. The quantitative estimate of drug-likeness (QED) is 0.455. The zero-order chi connectivity index (χ0) is 9.68. The van der Waals surface area contributed by atoms with Crippen LogP contribution in [0.1, 0.15) is 5.01 Å². The molecule has 0 bridgehead atoms. The van der Waals surface area contributed by atoms with Gasteiger partial charge < -0.3 is 0 Å². The van der Waals surface area contributed by atoms with Crippen molar-refractivity contribution in [2.24, 2.45) is 5.84 Å². The van der Waals surface area contributed by atoms with E-state index in [2.05, 4.69) is 11.6 Å². The van der Waals surface area contributed by atoms with Gasteiger partial charge in [0, 0.05) is 17.3 Å². The number of hydrogen-bond donors (Lipinski definition) is 2. The number of hydrazine groups is 1. The molecular weight excluding hydrogens is 206 g/mol. The molecule has 3 N–H and O–H groups in total. The van der Waals surface area contributed by atoms with Gasteiger partial charge in [-0.15, -0.1) is 11.3 Å². The van der Waals surface area contributed by atoms with Crippen molar-refractivity contribution in [1.82, 2.24) is 10.4 Å². The molecule has 0 aromatic carbocycles. The lowest BCUT2D eigenvalue weighted by molar-refractivity contribution is 0.261. The fraction of sp³-hybridized carbons (Fsp3) is 0.143. The van der Waals surface area contributed by atoms with Crippen molar-refractivity contribution in [3.8, 4) is 0 Å². The zero-order valence-electron chi connectivity index (χ0n) is 6.82. The Morgan fingerprint density at radius 3 is 3.15 bits per heavy atom. The van der Waals surface area contributed by atoms with Crippen molar-refractivity contribution in [3.05, 3.63) is 23.2 Å². The van der Waals surface area contributed by atoms with E-state index in [0.29, 0.717) is 5.75 Å². The van der Waals surface area contributed by atoms with Crippen LogP contribution in [0.25, 0.3) is 5.57 Å². The van der Waals surface area contributed by atoms with Gasteiger partial charge in [0.15, 0.2) is 0 Å². The number of thioether (sulfide) groups is 1. The van der Waals surface area contributed by atoms with E-state index in [1.807, 2.05) is 10.8 Å². The Balaban J connectivity index is 2.39. The molecule has 0 unspecified atom stereocenters. The van der Waals surface area contributed by atoms with Gasteiger partial charge in [0.25, 0.3) is 5.24 Å². The summed E-state index contributed by atoms with van der Waals surface area (Å²) >= 11 is 2.58. The molecule has 13 heavy (non-hydrogen) atoms. The number of aromatic nitrogens is 1. The summed E-state index contributed by atoms with van der Waals surface area (Å²) in [7, 11) is 0. The molecule has 0 aliphatic carbocycles. The number of rotatable bonds is 3. The number of carbonyl (C=O) groups is 1. The number of amides is 1. The minimum Gasteiger partial charge on any atom is -0.285 e. The summed E-state index contributed by atoms with van der Waals surface area (Å²) in [6.07, 6.45) is 1.71. The number of nitrogens with zero attached hydrogens (tertiary/aromatic N) is 1. The average molecular weight is 215 g/mol. The van der Waals surface area contributed by atoms with Crippen LogP contribution in [0.5, 0.6) is 0 Å². The van der Waals surface area contributed by atoms with Gasteiger partial charge in [-0.3, -0.25) is 10.2 Å². The smallest absolute Gasteiger partial charge is 0.285 e. The van der Waals surface area contributed by atoms with E-state index in [1.54, 1.807) is 6.20 Å². The number of nitrogens with one attached hydrogen (secondary N) is 1. The molecule has 4 nitrogen and oxygen atoms in total. The van der Waals surface area contributed by atoms with Crippen LogP contribution in [0.4, 0.5) is 4.79 Å². The summed E-state index contributed by atoms with van der Waals surface area (Å²) in [5.41, 5.74) is 2.87. The molecule has 0 spiro atoms. The molecule has 0 atom stereocenters. The van der Waals surface area contributed by atoms with E-state index in [9.17, 15) is 4.79 Å². The molecular formula is C7H9N3OS2. The summed E-state index contributed by atoms with van der Waals surface area (Å²) < 4.78 is 0. The van der Waals surface area contributed by atoms with E-state index in [-0.39, 0.29) is 5.24 Å². The molecule has 0 aliphatic heterocycles. The average Bonchev–Trinajstić information content (AvgIpc) is 2.66. The van der Waals surface area contributed by atoms with Gasteiger partial charge in [-0.05, 0) is 5.57 Å². The summed E-state index contributed by atoms with van der Waals surface area (Å²) in [5, 5.41) is 2.46. The topological polar surface area (TPSA) is 68.0 Å². The molecule has 1 heterocycles. The third kappa shape index (κ3) is 3.17. The Hall–Kier alpha value is -0.850. The third-order valence-electron chi connectivity index (χ3n) is 1.23. The lowest BCUT2D eigenvalue weighted by Crippen LogP contribution is -2.26. The highest BCUT2D eigenvalue weighted by molar-refractivity contribution is 8.13. The highest BCUT2D eigenvalue weighted by Crippen LogP contribution is 2.19. The van der Waals surface area contributed by atoms with Gasteiger partial charge in [0.05, 0.1) is 0 Å². The maximum absolute atomic E-state index is 10.8. The highest BCUT2D eigenvalue weighted by atomic mass is 32.2. The molecule has 0 aliphatic rings. The molecule has 1 amide bonds. The minimum atomic E-state index is -0.266. The van der Waals surface area contributed by atoms with Crippen molar-refractivity contribution < 1.29 is 4.79 Å². The van der Waals surface area contributed by atoms with Crippen molar-refractivity contribution >= 4 is 33.9 Å². The van der Waals surface area contributed by atoms with Crippen LogP contribution in [0.15, 0.2) is 18.2 Å². The third-order valence-corrected chi connectivity index (χ3v) is 2.98. The Morgan fingerprint density at radius 2 is 2.62 bits per heavy atom. The lowest BCUT2D eigenvalue weighted by atomic mass is 10.4. The lowest BCUT2D eigenvalue weighted by Gasteiger charge is -1.99. The van der Waals surface area contributed by atoms with E-state index < -0.39 is 0 Å². The van der Waals surface area contributed by atoms with Gasteiger partial charge in [-0.25, -0.2) is 10.8 Å². The monoisotopic (exact) mass is 215 g/mol. The van der Waals surface area contributed by atoms with Gasteiger partial charge in [0.2, 0.25) is 0 Å². The van der Waals surface area contributed by atoms with E-state index in [4.69, 9.17) is 5.84 Å². The van der Waals surface area contributed by atoms with E-state index >= 15 is 0 Å². The Kier molecular flexibility index (Phi) is 3.94. The first-order valence-corrected chi connectivity index (χ1v) is 5.31. The van der Waals surface area contributed by atoms with Crippen LogP contribution in [0.2, 0.25) is 0 Å². The number of thiazole rings is 1. The van der Waals surface area contributed by atoms with Gasteiger partial charge in [0.1, 0.15) is 5.01 Å². The van der Waals surface area contributed by atoms with Crippen LogP contribution in [0.3, 0.4) is 0 Å². The van der Waals surface area contributed by atoms with Crippen LogP contribution in [0, 0.1) is 0 Å². The second kappa shape index (κ2) is 5.00. The van der Waals surface area contributed by atoms with Crippen molar-refractivity contribution in [2.45, 2.75) is 0 Å². The first-order valence-electron chi connectivity index (χ1n) is 3.45. The Bertz CT molecular complexity index is 297. The van der Waals surface area contributed by atoms with Gasteiger partial charge >= 0.3 is 0 Å². The van der Waals surface area contributed by atoms with Crippen LogP contribution in [-0.2, 0) is 0 Å². The highest BCUT2D eigenvalue weighted by Gasteiger charge is 2.04. The number of nitrogens with two attached hydrogens (primary N) is 1. The number of carbonyl (C=O) groups excluding carboxylic acids is 1. The Labute approximate surface area is 84.2 Å². The molecule has 1 aromatic rings. The van der Waals surface area contributed by atoms with Crippen LogP contribution < -0.4 is 11.3 Å². The van der Waals surface area contributed by atoms with Gasteiger partial charge in [-0.1, -0.05) is 18.3 Å². The zero-order valence-corrected chi connectivity index (χ0v) is 8.45. The number of hydrogen-bond acceptors (Lipinski definition) is 5. The normalized spacial score (nSPS) is 9.62. The molecule has 0 saturated heterocycles. The summed E-state index contributed by atoms with van der Waals surface area (Å²) in [6.45, 7) is 3.81. The van der Waals surface area contributed by atoms with Crippen molar-refractivity contribution in [1.29, 1.82) is 0 Å². The Morgan fingerprint density at radius 1 is 1.85 bits per heavy atom. The maximum atomic E-state index is 10.8. The molecule has 0 saturated carbocycles. The van der Waals surface area contributed by atoms with Crippen molar-refractivity contribution in [2.75, 3.05) is 5.75 Å². The first-order chi connectivity index (χ1) is 6.24. The maximum Gasteiger partial charge on any atom is 0.293 e. The molecule has 1 aromatic heterocycles. The summed E-state index contributed by atoms with van der Waals surface area (Å²) in [4.78, 5) is 14.8. The minimum absolute atomic E-state index is 0.266. The predicted molar refractivity (Wildman–Crippen MR) is 56.3 cm³/mol. The van der Waals surface area contributed by atoms with Gasteiger partial charge in [-0.2, -0.15) is 0 Å². The van der Waals surface area contributed by atoms with E-state index in [1.165, 1.54) is 11.3 Å². The molecule has 0 fully saturated rings. The molecule has 0 radical (unpaired) electrons. The largest absolute Gasteiger partial charge is 0.293 e. The van der Waals surface area contributed by atoms with Crippen LogP contribution in [-0.4, -0.2) is 16.0 Å². The summed E-state index contributed by atoms with van der Waals surface area (Å²) in [5.74, 6) is 5.42. The first kappa shape index (κ1) is 10.2. The standard InChI is InChI=1S/C7H9N3OS2/c1-5(4-13-7(11)10-8)6-9-2-3-12-6/h2-3H,1,4,8H2,(H,10,11). The molecule has 1 rings (SSSR count).